The molecule has 8 nitrogen and oxygen atoms in total. The third-order valence-corrected chi connectivity index (χ3v) is 7.30. The first-order valence-electron chi connectivity index (χ1n) is 12.2. The van der Waals surface area contributed by atoms with Crippen LogP contribution in [0.5, 0.6) is 17.2 Å². The highest BCUT2D eigenvalue weighted by molar-refractivity contribution is 7.16. The number of methoxy groups -OCH3 is 1. The predicted octanol–water partition coefficient (Wildman–Crippen LogP) is 5.51. The van der Waals surface area contributed by atoms with Gasteiger partial charge in [-0.1, -0.05) is 25.1 Å². The van der Waals surface area contributed by atoms with Gasteiger partial charge in [-0.05, 0) is 26.1 Å². The van der Waals surface area contributed by atoms with Crippen LogP contribution in [0.3, 0.4) is 0 Å². The van der Waals surface area contributed by atoms with E-state index in [2.05, 4.69) is 16.8 Å². The van der Waals surface area contributed by atoms with Crippen molar-refractivity contribution in [2.75, 3.05) is 33.9 Å². The highest BCUT2D eigenvalue weighted by Gasteiger charge is 2.33. The van der Waals surface area contributed by atoms with Gasteiger partial charge >= 0.3 is 6.18 Å². The number of carbonyl (C=O) groups excluding carboxylic acids is 1. The van der Waals surface area contributed by atoms with Crippen molar-refractivity contribution < 1.29 is 32.2 Å². The first-order chi connectivity index (χ1) is 18.6. The summed E-state index contributed by atoms with van der Waals surface area (Å²) in [4.78, 5) is 18.9. The Morgan fingerprint density at radius 3 is 2.59 bits per heavy atom. The molecule has 0 fully saturated rings. The minimum absolute atomic E-state index is 0.0553. The summed E-state index contributed by atoms with van der Waals surface area (Å²) in [6.07, 6.45) is -2.13. The Hall–Kier alpha value is -3.77. The minimum atomic E-state index is -4.53. The number of primary amides is 1. The second kappa shape index (κ2) is 12.0. The Bertz CT molecular complexity index is 1450. The molecule has 0 aliphatic rings. The molecular formula is C27H29F3N4O4S. The van der Waals surface area contributed by atoms with Gasteiger partial charge in [0.15, 0.2) is 11.5 Å². The topological polar surface area (TPSA) is 91.8 Å². The fraction of sp³-hybridized carbons (Fsp3) is 0.333. The molecule has 4 aromatic rings. The maximum atomic E-state index is 13.4. The van der Waals surface area contributed by atoms with Crippen LogP contribution in [0.15, 0.2) is 48.8 Å². The lowest BCUT2D eigenvalue weighted by molar-refractivity contribution is -0.138. The number of ether oxygens (including phenoxy) is 3. The van der Waals surface area contributed by atoms with Gasteiger partial charge < -0.3 is 24.8 Å². The molecule has 1 amide bonds. The largest absolute Gasteiger partial charge is 0.493 e. The van der Waals surface area contributed by atoms with Gasteiger partial charge in [-0.25, -0.2) is 4.98 Å². The van der Waals surface area contributed by atoms with E-state index >= 15 is 0 Å². The Morgan fingerprint density at radius 1 is 1.13 bits per heavy atom. The molecule has 208 valence electrons. The standard InChI is InChI=1S/C27H29F3N4O4S/c1-4-33(2)10-7-11-37-22-13-20-19(12-21(22)36-3)32-16-34(20)24-14-23(25(39-24)26(31)35)38-15-17-8-5-6-9-18(17)27(28,29)30/h5-6,8-9,12-14,16H,4,7,10-11,15H2,1-3H3,(H2,31,35). The fourth-order valence-electron chi connectivity index (χ4n) is 3.98. The van der Waals surface area contributed by atoms with Gasteiger partial charge in [0.05, 0.1) is 30.3 Å². The third kappa shape index (κ3) is 6.45. The van der Waals surface area contributed by atoms with Gasteiger partial charge in [0.25, 0.3) is 5.91 Å². The fourth-order valence-corrected chi connectivity index (χ4v) is 4.92. The van der Waals surface area contributed by atoms with Crippen molar-refractivity contribution >= 4 is 28.3 Å². The molecule has 0 radical (unpaired) electrons. The number of benzene rings is 2. The Morgan fingerprint density at radius 2 is 1.90 bits per heavy atom. The number of nitrogens with zero attached hydrogens (tertiary/aromatic N) is 3. The van der Waals surface area contributed by atoms with E-state index in [1.54, 1.807) is 36.2 Å². The van der Waals surface area contributed by atoms with Crippen molar-refractivity contribution in [3.05, 3.63) is 64.8 Å². The predicted molar refractivity (Wildman–Crippen MR) is 143 cm³/mol. The zero-order valence-electron chi connectivity index (χ0n) is 21.7. The summed E-state index contributed by atoms with van der Waals surface area (Å²) >= 11 is 1.05. The molecule has 39 heavy (non-hydrogen) atoms. The Labute approximate surface area is 227 Å². The summed E-state index contributed by atoms with van der Waals surface area (Å²) in [5, 5.41) is 0.547. The number of aromatic nitrogens is 2. The van der Waals surface area contributed by atoms with E-state index in [0.29, 0.717) is 34.1 Å². The lowest BCUT2D eigenvalue weighted by Crippen LogP contribution is -2.20. The summed E-state index contributed by atoms with van der Waals surface area (Å²) in [5.41, 5.74) is 6.02. The van der Waals surface area contributed by atoms with E-state index in [9.17, 15) is 18.0 Å². The van der Waals surface area contributed by atoms with Crippen LogP contribution in [0.1, 0.15) is 34.1 Å². The minimum Gasteiger partial charge on any atom is -0.493 e. The number of hydrogen-bond donors (Lipinski definition) is 1. The number of imidazole rings is 1. The first kappa shape index (κ1) is 28.2. The molecule has 0 saturated carbocycles. The first-order valence-corrected chi connectivity index (χ1v) is 13.0. The molecule has 0 atom stereocenters. The number of halogens is 3. The van der Waals surface area contributed by atoms with E-state index in [0.717, 1.165) is 36.9 Å². The second-order valence-electron chi connectivity index (χ2n) is 8.79. The van der Waals surface area contributed by atoms with Gasteiger partial charge in [-0.2, -0.15) is 13.2 Å². The van der Waals surface area contributed by atoms with Crippen molar-refractivity contribution in [1.29, 1.82) is 0 Å². The SMILES string of the molecule is CCN(C)CCCOc1cc2c(cc1OC)ncn2-c1cc(OCc2ccccc2C(F)(F)F)c(C(N)=O)s1. The maximum absolute atomic E-state index is 13.4. The third-order valence-electron chi connectivity index (χ3n) is 6.17. The molecule has 0 aliphatic heterocycles. The van der Waals surface area contributed by atoms with Crippen LogP contribution in [0, 0.1) is 0 Å². The summed E-state index contributed by atoms with van der Waals surface area (Å²) in [5.74, 6) is 0.412. The lowest BCUT2D eigenvalue weighted by atomic mass is 10.1. The second-order valence-corrected chi connectivity index (χ2v) is 9.82. The Kier molecular flexibility index (Phi) is 8.66. The molecule has 0 aliphatic carbocycles. The van der Waals surface area contributed by atoms with Gasteiger partial charge in [-0.15, -0.1) is 11.3 Å². The van der Waals surface area contributed by atoms with E-state index in [1.165, 1.54) is 18.2 Å². The van der Waals surface area contributed by atoms with Crippen LogP contribution in [-0.2, 0) is 12.8 Å². The summed E-state index contributed by atoms with van der Waals surface area (Å²) in [6, 6.07) is 10.2. The van der Waals surface area contributed by atoms with Crippen LogP contribution < -0.4 is 19.9 Å². The van der Waals surface area contributed by atoms with Crippen LogP contribution in [0.25, 0.3) is 16.0 Å². The molecule has 4 rings (SSSR count). The van der Waals surface area contributed by atoms with Crippen LogP contribution >= 0.6 is 11.3 Å². The number of carbonyl (C=O) groups is 1. The van der Waals surface area contributed by atoms with E-state index in [4.69, 9.17) is 19.9 Å². The number of rotatable bonds is 12. The smallest absolute Gasteiger partial charge is 0.416 e. The van der Waals surface area contributed by atoms with Crippen molar-refractivity contribution in [1.82, 2.24) is 14.5 Å². The zero-order valence-corrected chi connectivity index (χ0v) is 22.6. The Balaban J connectivity index is 1.62. The number of nitrogens with two attached hydrogens (primary N) is 1. The number of amides is 1. The van der Waals surface area contributed by atoms with Crippen molar-refractivity contribution in [3.8, 4) is 22.2 Å². The molecule has 0 bridgehead atoms. The zero-order chi connectivity index (χ0) is 28.2. The van der Waals surface area contributed by atoms with E-state index < -0.39 is 17.6 Å². The number of hydrogen-bond acceptors (Lipinski definition) is 7. The van der Waals surface area contributed by atoms with Crippen molar-refractivity contribution in [3.63, 3.8) is 0 Å². The molecule has 0 saturated heterocycles. The van der Waals surface area contributed by atoms with Crippen LogP contribution in [0.2, 0.25) is 0 Å². The number of alkyl halides is 3. The number of fused-ring (bicyclic) bond motifs is 1. The van der Waals surface area contributed by atoms with Gasteiger partial charge in [0.1, 0.15) is 28.6 Å². The molecule has 2 aromatic heterocycles. The highest BCUT2D eigenvalue weighted by atomic mass is 32.1. The van der Waals surface area contributed by atoms with Crippen LogP contribution in [-0.4, -0.2) is 54.2 Å². The van der Waals surface area contributed by atoms with E-state index in [1.807, 2.05) is 7.05 Å². The van der Waals surface area contributed by atoms with Crippen LogP contribution in [0.4, 0.5) is 13.2 Å². The van der Waals surface area contributed by atoms with Gasteiger partial charge in [0.2, 0.25) is 0 Å². The molecule has 12 heteroatoms. The number of thiophene rings is 1. The average Bonchev–Trinajstić information content (AvgIpc) is 3.52. The monoisotopic (exact) mass is 562 g/mol. The molecule has 0 spiro atoms. The quantitative estimate of drug-likeness (QED) is 0.229. The summed E-state index contributed by atoms with van der Waals surface area (Å²) < 4.78 is 59.1. The molecule has 0 unspecified atom stereocenters. The lowest BCUT2D eigenvalue weighted by Gasteiger charge is -2.15. The molecular weight excluding hydrogens is 533 g/mol. The average molecular weight is 563 g/mol. The normalized spacial score (nSPS) is 11.8. The highest BCUT2D eigenvalue weighted by Crippen LogP contribution is 2.38. The summed E-state index contributed by atoms with van der Waals surface area (Å²) in [6.45, 7) is 4.02. The van der Waals surface area contributed by atoms with Gasteiger partial charge in [0, 0.05) is 30.3 Å². The van der Waals surface area contributed by atoms with Gasteiger partial charge in [-0.3, -0.25) is 9.36 Å². The molecule has 2 heterocycles. The molecule has 2 aromatic carbocycles. The van der Waals surface area contributed by atoms with E-state index in [-0.39, 0.29) is 22.8 Å². The van der Waals surface area contributed by atoms with Crippen molar-refractivity contribution in [2.45, 2.75) is 26.1 Å². The molecule has 2 N–H and O–H groups in total. The maximum Gasteiger partial charge on any atom is 0.416 e. The summed E-state index contributed by atoms with van der Waals surface area (Å²) in [7, 11) is 3.59. The van der Waals surface area contributed by atoms with Crippen molar-refractivity contribution in [2.24, 2.45) is 5.73 Å².